The average molecular weight is 350 g/mol. The molecule has 0 aliphatic heterocycles. The third-order valence-electron chi connectivity index (χ3n) is 4.30. The van der Waals surface area contributed by atoms with Gasteiger partial charge in [-0.25, -0.2) is 4.39 Å². The summed E-state index contributed by atoms with van der Waals surface area (Å²) in [4.78, 5) is 11.5. The maximum absolute atomic E-state index is 14.6. The van der Waals surface area contributed by atoms with E-state index < -0.39 is 5.91 Å². The minimum atomic E-state index is -0.405. The summed E-state index contributed by atoms with van der Waals surface area (Å²) in [7, 11) is 3.79. The molecule has 0 atom stereocenters. The fourth-order valence-electron chi connectivity index (χ4n) is 3.26. The van der Waals surface area contributed by atoms with Gasteiger partial charge in [0.1, 0.15) is 5.69 Å². The van der Waals surface area contributed by atoms with E-state index in [2.05, 4.69) is 0 Å². The van der Waals surface area contributed by atoms with E-state index >= 15 is 0 Å². The Bertz CT molecular complexity index is 764. The molecular weight excluding hydrogens is 327 g/mol. The molecule has 5 heteroatoms. The minimum Gasteiger partial charge on any atom is -0.369 e. The molecule has 2 N–H and O–H groups in total. The normalized spacial score (nSPS) is 11.6. The van der Waals surface area contributed by atoms with Gasteiger partial charge in [-0.1, -0.05) is 24.6 Å². The van der Waals surface area contributed by atoms with Crippen LogP contribution in [0.4, 0.5) is 15.8 Å². The molecule has 0 aliphatic rings. The number of quaternary nitrogens is 1. The number of nitrogens with zero attached hydrogens (tertiary/aromatic N) is 1. The van der Waals surface area contributed by atoms with E-state index in [1.807, 2.05) is 46.1 Å². The standard InChI is InChI=1S/C19H22ClFN2O/c1-5-13-6-7-17(14(9-13)10-18(22)24)23(3,4)19-12(2)8-15(20)11-16(19)21/h6-9,11H,5,10H2,1-4H3,(H-,22,24)/p+1. The van der Waals surface area contributed by atoms with Crippen LogP contribution in [0.5, 0.6) is 0 Å². The third-order valence-corrected chi connectivity index (χ3v) is 4.52. The first-order valence-electron chi connectivity index (χ1n) is 7.87. The molecule has 0 saturated heterocycles. The van der Waals surface area contributed by atoms with Crippen molar-refractivity contribution >= 4 is 28.9 Å². The van der Waals surface area contributed by atoms with Crippen molar-refractivity contribution in [2.45, 2.75) is 26.7 Å². The number of halogens is 2. The number of hydrogen-bond donors (Lipinski definition) is 1. The van der Waals surface area contributed by atoms with Crippen LogP contribution in [-0.2, 0) is 17.6 Å². The number of nitrogens with two attached hydrogens (primary N) is 1. The van der Waals surface area contributed by atoms with Crippen LogP contribution >= 0.6 is 11.6 Å². The molecule has 0 radical (unpaired) electrons. The second-order valence-corrected chi connectivity index (χ2v) is 6.90. The van der Waals surface area contributed by atoms with Crippen LogP contribution < -0.4 is 10.2 Å². The maximum atomic E-state index is 14.6. The summed E-state index contributed by atoms with van der Waals surface area (Å²) in [5, 5.41) is 0.368. The van der Waals surface area contributed by atoms with Gasteiger partial charge in [-0.15, -0.1) is 0 Å². The number of primary amides is 1. The maximum Gasteiger partial charge on any atom is 0.222 e. The van der Waals surface area contributed by atoms with Crippen molar-refractivity contribution in [1.29, 1.82) is 0 Å². The van der Waals surface area contributed by atoms with Crippen molar-refractivity contribution in [3.05, 3.63) is 57.9 Å². The van der Waals surface area contributed by atoms with Gasteiger partial charge < -0.3 is 5.73 Å². The molecule has 0 fully saturated rings. The lowest BCUT2D eigenvalue weighted by Gasteiger charge is -2.32. The van der Waals surface area contributed by atoms with Gasteiger partial charge in [-0.3, -0.25) is 9.28 Å². The zero-order valence-corrected chi connectivity index (χ0v) is 15.2. The fraction of sp³-hybridized carbons (Fsp3) is 0.316. The van der Waals surface area contributed by atoms with Crippen molar-refractivity contribution < 1.29 is 9.18 Å². The van der Waals surface area contributed by atoms with Crippen molar-refractivity contribution in [2.24, 2.45) is 5.73 Å². The molecule has 2 aromatic carbocycles. The van der Waals surface area contributed by atoms with Gasteiger partial charge in [-0.2, -0.15) is 0 Å². The molecule has 0 heterocycles. The van der Waals surface area contributed by atoms with Gasteiger partial charge in [0.15, 0.2) is 11.5 Å². The monoisotopic (exact) mass is 349 g/mol. The predicted molar refractivity (Wildman–Crippen MR) is 98.2 cm³/mol. The third kappa shape index (κ3) is 3.60. The molecule has 0 saturated carbocycles. The number of hydrogen-bond acceptors (Lipinski definition) is 1. The van der Waals surface area contributed by atoms with Crippen LogP contribution in [0.15, 0.2) is 30.3 Å². The van der Waals surface area contributed by atoms with Crippen LogP contribution in [0, 0.1) is 12.7 Å². The highest BCUT2D eigenvalue weighted by molar-refractivity contribution is 6.30. The van der Waals surface area contributed by atoms with Gasteiger partial charge in [0, 0.05) is 22.2 Å². The number of amides is 1. The summed E-state index contributed by atoms with van der Waals surface area (Å²) >= 11 is 5.95. The van der Waals surface area contributed by atoms with E-state index in [1.165, 1.54) is 6.07 Å². The molecular formula is C19H23ClFN2O+. The van der Waals surface area contributed by atoms with Crippen molar-refractivity contribution in [3.63, 3.8) is 0 Å². The minimum absolute atomic E-state index is 0.124. The van der Waals surface area contributed by atoms with Crippen LogP contribution in [0.1, 0.15) is 23.6 Å². The Balaban J connectivity index is 2.67. The Morgan fingerprint density at radius 1 is 1.25 bits per heavy atom. The van der Waals surface area contributed by atoms with Crippen LogP contribution in [0.3, 0.4) is 0 Å². The summed E-state index contributed by atoms with van der Waals surface area (Å²) in [5.41, 5.74) is 9.47. The summed E-state index contributed by atoms with van der Waals surface area (Å²) < 4.78 is 14.8. The summed E-state index contributed by atoms with van der Waals surface area (Å²) in [5.74, 6) is -0.771. The Hall–Kier alpha value is -1.91. The molecule has 2 rings (SSSR count). The molecule has 1 amide bonds. The largest absolute Gasteiger partial charge is 0.369 e. The number of carbonyl (C=O) groups is 1. The molecule has 3 nitrogen and oxygen atoms in total. The Morgan fingerprint density at radius 2 is 1.92 bits per heavy atom. The van der Waals surface area contributed by atoms with Gasteiger partial charge in [0.2, 0.25) is 5.91 Å². The van der Waals surface area contributed by atoms with Gasteiger partial charge in [-0.05, 0) is 37.1 Å². The second kappa shape index (κ2) is 6.91. The van der Waals surface area contributed by atoms with E-state index in [0.29, 0.717) is 10.7 Å². The molecule has 0 unspecified atom stereocenters. The number of benzene rings is 2. The zero-order chi connectivity index (χ0) is 18.1. The predicted octanol–water partition coefficient (Wildman–Crippen LogP) is 4.28. The average Bonchev–Trinajstić information content (AvgIpc) is 2.44. The lowest BCUT2D eigenvalue weighted by Crippen LogP contribution is -2.37. The van der Waals surface area contributed by atoms with Crippen molar-refractivity contribution in [3.8, 4) is 0 Å². The topological polar surface area (TPSA) is 43.1 Å². The molecule has 0 aromatic heterocycles. The van der Waals surface area contributed by atoms with E-state index in [-0.39, 0.29) is 16.7 Å². The first-order chi connectivity index (χ1) is 11.2. The van der Waals surface area contributed by atoms with Gasteiger partial charge in [0.25, 0.3) is 0 Å². The number of rotatable bonds is 5. The zero-order valence-electron chi connectivity index (χ0n) is 14.5. The van der Waals surface area contributed by atoms with E-state index in [9.17, 15) is 9.18 Å². The van der Waals surface area contributed by atoms with E-state index in [1.54, 1.807) is 6.07 Å². The highest BCUT2D eigenvalue weighted by atomic mass is 35.5. The number of carbonyl (C=O) groups excluding carboxylic acids is 1. The van der Waals surface area contributed by atoms with Crippen LogP contribution in [0.2, 0.25) is 5.02 Å². The molecule has 0 bridgehead atoms. The smallest absolute Gasteiger partial charge is 0.222 e. The first-order valence-corrected chi connectivity index (χ1v) is 8.25. The molecule has 2 aromatic rings. The van der Waals surface area contributed by atoms with Gasteiger partial charge in [0.05, 0.1) is 20.5 Å². The van der Waals surface area contributed by atoms with Crippen LogP contribution in [0.25, 0.3) is 0 Å². The Labute approximate surface area is 147 Å². The second-order valence-electron chi connectivity index (χ2n) is 6.47. The van der Waals surface area contributed by atoms with Crippen molar-refractivity contribution in [1.82, 2.24) is 4.48 Å². The summed E-state index contributed by atoms with van der Waals surface area (Å²) in [6, 6.07) is 8.99. The summed E-state index contributed by atoms with van der Waals surface area (Å²) in [6.07, 6.45) is 0.979. The van der Waals surface area contributed by atoms with Gasteiger partial charge >= 0.3 is 0 Å². The molecule has 0 spiro atoms. The Morgan fingerprint density at radius 3 is 2.46 bits per heavy atom. The molecule has 0 aliphatic carbocycles. The van der Waals surface area contributed by atoms with E-state index in [0.717, 1.165) is 28.8 Å². The van der Waals surface area contributed by atoms with E-state index in [4.69, 9.17) is 17.3 Å². The quantitative estimate of drug-likeness (QED) is 0.804. The lowest BCUT2D eigenvalue weighted by molar-refractivity contribution is -0.117. The number of aryl methyl sites for hydroxylation is 2. The van der Waals surface area contributed by atoms with Crippen LogP contribution in [-0.4, -0.2) is 20.0 Å². The first kappa shape index (κ1) is 18.4. The Kier molecular flexibility index (Phi) is 5.31. The lowest BCUT2D eigenvalue weighted by atomic mass is 10.0. The fourth-order valence-corrected chi connectivity index (χ4v) is 3.52. The molecule has 128 valence electrons. The highest BCUT2D eigenvalue weighted by Gasteiger charge is 2.31. The highest BCUT2D eigenvalue weighted by Crippen LogP contribution is 2.39. The molecule has 24 heavy (non-hydrogen) atoms. The summed E-state index contributed by atoms with van der Waals surface area (Å²) in [6.45, 7) is 3.88. The SMILES string of the molecule is CCc1ccc([N+](C)(C)c2c(C)cc(Cl)cc2F)c(CC(N)=O)c1. The van der Waals surface area contributed by atoms with Crippen molar-refractivity contribution in [2.75, 3.05) is 14.1 Å².